The van der Waals surface area contributed by atoms with Gasteiger partial charge in [0.05, 0.1) is 27.4 Å². The van der Waals surface area contributed by atoms with Gasteiger partial charge in [-0.3, -0.25) is 4.79 Å². The monoisotopic (exact) mass is 533 g/mol. The highest BCUT2D eigenvalue weighted by Gasteiger charge is 2.31. The fourth-order valence-corrected chi connectivity index (χ4v) is 5.47. The van der Waals surface area contributed by atoms with Gasteiger partial charge in [-0.15, -0.1) is 13.2 Å². The van der Waals surface area contributed by atoms with Crippen LogP contribution in [0.1, 0.15) is 36.0 Å². The van der Waals surface area contributed by atoms with Crippen LogP contribution in [0.15, 0.2) is 36.4 Å². The zero-order valence-corrected chi connectivity index (χ0v) is 20.9. The lowest BCUT2D eigenvalue weighted by Crippen LogP contribution is -2.38. The SMILES string of the molecule is Cn1c(Nc2nc3ccc(OC(F)(F)F)cc3s2)nc2cc(C(=O)CCCN3CCCC(O)C3)ccc21. The number of β-amino-alcohol motifs (C(OH)–C–C–N with tert-alkyl or cyclic N) is 1. The van der Waals surface area contributed by atoms with E-state index >= 15 is 0 Å². The van der Waals surface area contributed by atoms with Crippen LogP contribution in [0, 0.1) is 0 Å². The summed E-state index contributed by atoms with van der Waals surface area (Å²) in [5.74, 6) is 0.236. The van der Waals surface area contributed by atoms with Gasteiger partial charge in [-0.25, -0.2) is 9.97 Å². The number of alkyl halides is 3. The molecule has 0 saturated carbocycles. The van der Waals surface area contributed by atoms with E-state index in [1.807, 2.05) is 17.7 Å². The van der Waals surface area contributed by atoms with Crippen LogP contribution in [-0.4, -0.2) is 62.4 Å². The second-order valence-corrected chi connectivity index (χ2v) is 10.2. The fraction of sp³-hybridized carbons (Fsp3) is 0.400. The number of aromatic nitrogens is 3. The minimum absolute atomic E-state index is 0.0441. The average molecular weight is 534 g/mol. The molecule has 196 valence electrons. The number of thiazole rings is 1. The molecule has 2 aromatic carbocycles. The van der Waals surface area contributed by atoms with Crippen molar-refractivity contribution in [2.45, 2.75) is 38.1 Å². The van der Waals surface area contributed by atoms with Crippen molar-refractivity contribution < 1.29 is 27.8 Å². The number of piperidine rings is 1. The smallest absolute Gasteiger partial charge is 0.406 e. The highest BCUT2D eigenvalue weighted by Crippen LogP contribution is 2.33. The summed E-state index contributed by atoms with van der Waals surface area (Å²) in [6, 6.07) is 9.40. The van der Waals surface area contributed by atoms with Crippen LogP contribution in [0.2, 0.25) is 0 Å². The van der Waals surface area contributed by atoms with E-state index in [2.05, 4.69) is 24.9 Å². The summed E-state index contributed by atoms with van der Waals surface area (Å²) in [6.45, 7) is 2.41. The van der Waals surface area contributed by atoms with Crippen molar-refractivity contribution in [3.63, 3.8) is 0 Å². The molecule has 1 atom stereocenters. The number of imidazole rings is 1. The van der Waals surface area contributed by atoms with E-state index in [4.69, 9.17) is 0 Å². The third kappa shape index (κ3) is 6.03. The van der Waals surface area contributed by atoms with Crippen LogP contribution < -0.4 is 10.1 Å². The van der Waals surface area contributed by atoms with E-state index < -0.39 is 6.36 Å². The quantitative estimate of drug-likeness (QED) is 0.299. The number of carbonyl (C=O) groups excluding carboxylic acids is 1. The van der Waals surface area contributed by atoms with E-state index in [0.717, 1.165) is 37.9 Å². The number of ether oxygens (including phenoxy) is 1. The molecule has 4 aromatic rings. The molecule has 2 N–H and O–H groups in total. The van der Waals surface area contributed by atoms with Gasteiger partial charge in [0.25, 0.3) is 0 Å². The molecule has 8 nitrogen and oxygen atoms in total. The van der Waals surface area contributed by atoms with Gasteiger partial charge in [0.15, 0.2) is 10.9 Å². The van der Waals surface area contributed by atoms with Crippen LogP contribution in [-0.2, 0) is 7.05 Å². The topological polar surface area (TPSA) is 92.5 Å². The molecule has 1 fully saturated rings. The van der Waals surface area contributed by atoms with E-state index in [9.17, 15) is 23.1 Å². The van der Waals surface area contributed by atoms with Gasteiger partial charge in [-0.2, -0.15) is 0 Å². The second-order valence-electron chi connectivity index (χ2n) is 9.14. The zero-order chi connectivity index (χ0) is 26.2. The maximum absolute atomic E-state index is 12.8. The van der Waals surface area contributed by atoms with Crippen LogP contribution >= 0.6 is 11.3 Å². The summed E-state index contributed by atoms with van der Waals surface area (Å²) in [5, 5.41) is 13.4. The van der Waals surface area contributed by atoms with Crippen molar-refractivity contribution in [3.05, 3.63) is 42.0 Å². The van der Waals surface area contributed by atoms with E-state index in [1.165, 1.54) is 29.5 Å². The van der Waals surface area contributed by atoms with Crippen molar-refractivity contribution in [3.8, 4) is 5.75 Å². The number of rotatable bonds is 8. The van der Waals surface area contributed by atoms with Gasteiger partial charge in [0.1, 0.15) is 5.75 Å². The van der Waals surface area contributed by atoms with Crippen molar-refractivity contribution in [1.82, 2.24) is 19.4 Å². The van der Waals surface area contributed by atoms with Gasteiger partial charge >= 0.3 is 6.36 Å². The number of aliphatic hydroxyl groups is 1. The molecular weight excluding hydrogens is 507 g/mol. The number of ketones is 1. The van der Waals surface area contributed by atoms with Crippen molar-refractivity contribution in [1.29, 1.82) is 0 Å². The highest BCUT2D eigenvalue weighted by atomic mass is 32.1. The Hall–Kier alpha value is -3.22. The zero-order valence-electron chi connectivity index (χ0n) is 20.1. The second kappa shape index (κ2) is 10.3. The molecule has 1 unspecified atom stereocenters. The van der Waals surface area contributed by atoms with Gasteiger partial charge < -0.3 is 24.6 Å². The number of Topliss-reactive ketones (excluding diaryl/α,β-unsaturated/α-hetero) is 1. The molecule has 1 aliphatic rings. The van der Waals surface area contributed by atoms with Gasteiger partial charge in [-0.1, -0.05) is 11.3 Å². The Balaban J connectivity index is 1.26. The van der Waals surface area contributed by atoms with Crippen LogP contribution in [0.4, 0.5) is 24.3 Å². The van der Waals surface area contributed by atoms with Crippen LogP contribution in [0.3, 0.4) is 0 Å². The maximum atomic E-state index is 12.8. The van der Waals surface area contributed by atoms with Gasteiger partial charge in [-0.05, 0) is 62.7 Å². The maximum Gasteiger partial charge on any atom is 0.573 e. The molecular formula is C25H26F3N5O3S. The van der Waals surface area contributed by atoms with Crippen molar-refractivity contribution in [2.24, 2.45) is 7.05 Å². The number of likely N-dealkylation sites (tertiary alicyclic amines) is 1. The van der Waals surface area contributed by atoms with E-state index in [-0.39, 0.29) is 17.6 Å². The molecule has 0 radical (unpaired) electrons. The Labute approximate surface area is 214 Å². The number of benzene rings is 2. The molecule has 5 rings (SSSR count). The Morgan fingerprint density at radius 2 is 2.05 bits per heavy atom. The van der Waals surface area contributed by atoms with Crippen molar-refractivity contribution >= 4 is 49.4 Å². The fourth-order valence-electron chi connectivity index (χ4n) is 4.58. The molecule has 0 spiro atoms. The first-order chi connectivity index (χ1) is 17.6. The number of halogens is 3. The minimum atomic E-state index is -4.76. The number of nitrogens with zero attached hydrogens (tertiary/aromatic N) is 4. The average Bonchev–Trinajstić information content (AvgIpc) is 3.37. The molecule has 0 bridgehead atoms. The molecule has 12 heteroatoms. The van der Waals surface area contributed by atoms with Crippen LogP contribution in [0.25, 0.3) is 21.3 Å². The van der Waals surface area contributed by atoms with Gasteiger partial charge in [0.2, 0.25) is 5.95 Å². The van der Waals surface area contributed by atoms with Crippen LogP contribution in [0.5, 0.6) is 5.75 Å². The third-order valence-corrected chi connectivity index (χ3v) is 7.31. The molecule has 2 aromatic heterocycles. The van der Waals surface area contributed by atoms with Crippen molar-refractivity contribution in [2.75, 3.05) is 25.0 Å². The Kier molecular flexibility index (Phi) is 7.06. The molecule has 1 aliphatic heterocycles. The standard InChI is InChI=1S/C25H26F3N5O3S/c1-32-20-9-6-15(21(35)5-3-11-33-10-2-4-16(34)14-33)12-19(20)29-23(32)31-24-30-18-8-7-17(13-22(18)37-24)36-25(26,27)28/h6-9,12-13,16,34H,2-5,10-11,14H2,1H3,(H,29,30,31). The Morgan fingerprint density at radius 3 is 2.84 bits per heavy atom. The lowest BCUT2D eigenvalue weighted by molar-refractivity contribution is -0.274. The number of hydrogen-bond donors (Lipinski definition) is 2. The summed E-state index contributed by atoms with van der Waals surface area (Å²) < 4.78 is 43.9. The molecule has 0 aliphatic carbocycles. The lowest BCUT2D eigenvalue weighted by atomic mass is 10.0. The Bertz CT molecular complexity index is 1430. The number of fused-ring (bicyclic) bond motifs is 2. The highest BCUT2D eigenvalue weighted by molar-refractivity contribution is 7.22. The van der Waals surface area contributed by atoms with E-state index in [1.54, 1.807) is 12.1 Å². The number of anilines is 2. The largest absolute Gasteiger partial charge is 0.573 e. The summed E-state index contributed by atoms with van der Waals surface area (Å²) in [4.78, 5) is 24.0. The van der Waals surface area contributed by atoms with Gasteiger partial charge in [0, 0.05) is 31.6 Å². The normalized spacial score (nSPS) is 16.9. The predicted octanol–water partition coefficient (Wildman–Crippen LogP) is 5.24. The summed E-state index contributed by atoms with van der Waals surface area (Å²) in [7, 11) is 1.83. The lowest BCUT2D eigenvalue weighted by Gasteiger charge is -2.29. The number of aryl methyl sites for hydroxylation is 1. The third-order valence-electron chi connectivity index (χ3n) is 6.37. The number of hydrogen-bond acceptors (Lipinski definition) is 8. The first-order valence-electron chi connectivity index (χ1n) is 12.0. The minimum Gasteiger partial charge on any atom is -0.406 e. The molecule has 37 heavy (non-hydrogen) atoms. The summed E-state index contributed by atoms with van der Waals surface area (Å²) >= 11 is 1.18. The molecule has 0 amide bonds. The number of nitrogens with one attached hydrogen (secondary N) is 1. The Morgan fingerprint density at radius 1 is 1.22 bits per heavy atom. The van der Waals surface area contributed by atoms with E-state index in [0.29, 0.717) is 45.3 Å². The summed E-state index contributed by atoms with van der Waals surface area (Å²) in [5.41, 5.74) is 2.60. The number of aliphatic hydroxyl groups excluding tert-OH is 1. The first kappa shape index (κ1) is 25.4. The molecule has 3 heterocycles. The predicted molar refractivity (Wildman–Crippen MR) is 136 cm³/mol. The molecule has 1 saturated heterocycles. The summed E-state index contributed by atoms with van der Waals surface area (Å²) in [6.07, 6.45) is -2.07. The number of carbonyl (C=O) groups is 1. The first-order valence-corrected chi connectivity index (χ1v) is 12.8.